The van der Waals surface area contributed by atoms with Gasteiger partial charge in [-0.1, -0.05) is 50.8 Å². The Hall–Kier alpha value is -4.50. The van der Waals surface area contributed by atoms with Crippen LogP contribution in [0.15, 0.2) is 41.3 Å². The minimum absolute atomic E-state index is 0.0313. The first-order valence-corrected chi connectivity index (χ1v) is 18.6. The van der Waals surface area contributed by atoms with Crippen LogP contribution >= 0.6 is 0 Å². The number of hydrogen-bond acceptors (Lipinski definition) is 4. The summed E-state index contributed by atoms with van der Waals surface area (Å²) in [5.41, 5.74) is -1.39. The Morgan fingerprint density at radius 1 is 1.00 bits per heavy atom. The molecule has 12 heteroatoms. The largest absolute Gasteiger partial charge is 0.481 e. The summed E-state index contributed by atoms with van der Waals surface area (Å²) in [6.45, 7) is 9.70. The third-order valence-corrected chi connectivity index (χ3v) is 10.8. The summed E-state index contributed by atoms with van der Waals surface area (Å²) in [6.07, 6.45) is 0.605. The van der Waals surface area contributed by atoms with E-state index in [-0.39, 0.29) is 29.0 Å². The molecule has 0 unspecified atom stereocenters. The summed E-state index contributed by atoms with van der Waals surface area (Å²) in [6, 6.07) is 4.28. The smallest absolute Gasteiger partial charge is 0.416 e. The second-order valence-corrected chi connectivity index (χ2v) is 15.1. The standard InChI is InChI=1S/C42H48F5N3O4/c1-6-10-28-20-30(37-25(4)11-9-12-26(37)5)40(44)38(39(28)43)33(22-36(52)53)48-41(54)34(19-24(2)3)50-23-31(32(21-35(50)51)42(45,46)47)27-15-17-49(18-16-27)29-13-7-8-14-29/h9,11-12,20-21,23-24,27,29,33-34H,7-8,13-19,22H2,1-5H3,(H,48,54)(H,52,53)/t33-,34+/m0/s1. The van der Waals surface area contributed by atoms with E-state index in [0.29, 0.717) is 54.7 Å². The molecular formula is C42H48F5N3O4. The van der Waals surface area contributed by atoms with Gasteiger partial charge >= 0.3 is 12.1 Å². The fourth-order valence-corrected chi connectivity index (χ4v) is 8.30. The van der Waals surface area contributed by atoms with Crippen molar-refractivity contribution in [2.45, 2.75) is 116 Å². The molecule has 1 amide bonds. The van der Waals surface area contributed by atoms with Crippen molar-refractivity contribution >= 4 is 11.9 Å². The Bertz CT molecular complexity index is 1980. The van der Waals surface area contributed by atoms with Gasteiger partial charge in [-0.15, -0.1) is 5.92 Å². The number of aliphatic carboxylic acids is 1. The molecule has 1 saturated heterocycles. The number of carboxylic acids is 1. The number of hydrogen-bond donors (Lipinski definition) is 2. The van der Waals surface area contributed by atoms with E-state index in [2.05, 4.69) is 22.1 Å². The van der Waals surface area contributed by atoms with Gasteiger partial charge in [-0.3, -0.25) is 14.4 Å². The molecule has 0 bridgehead atoms. The number of halogens is 5. The molecule has 2 aliphatic rings. The number of carbonyl (C=O) groups is 2. The summed E-state index contributed by atoms with van der Waals surface area (Å²) < 4.78 is 77.4. The van der Waals surface area contributed by atoms with Gasteiger partial charge in [-0.25, -0.2) is 8.78 Å². The zero-order valence-corrected chi connectivity index (χ0v) is 31.4. The van der Waals surface area contributed by atoms with Crippen LogP contribution in [0.2, 0.25) is 0 Å². The number of amides is 1. The van der Waals surface area contributed by atoms with Crippen molar-refractivity contribution in [2.75, 3.05) is 13.1 Å². The van der Waals surface area contributed by atoms with E-state index in [1.165, 1.54) is 13.0 Å². The van der Waals surface area contributed by atoms with Crippen molar-refractivity contribution in [3.63, 3.8) is 0 Å². The first kappa shape index (κ1) is 40.7. The predicted molar refractivity (Wildman–Crippen MR) is 197 cm³/mol. The highest BCUT2D eigenvalue weighted by Crippen LogP contribution is 2.41. The number of carboxylic acid groups (broad SMARTS) is 1. The van der Waals surface area contributed by atoms with Crippen molar-refractivity contribution in [3.8, 4) is 23.0 Å². The van der Waals surface area contributed by atoms with Gasteiger partial charge in [-0.2, -0.15) is 13.2 Å². The Balaban J connectivity index is 1.58. The molecule has 2 N–H and O–H groups in total. The van der Waals surface area contributed by atoms with Crippen LogP contribution in [0.5, 0.6) is 0 Å². The van der Waals surface area contributed by atoms with E-state index in [1.807, 2.05) is 0 Å². The summed E-state index contributed by atoms with van der Waals surface area (Å²) in [5.74, 6) is -0.251. The molecule has 5 rings (SSSR count). The van der Waals surface area contributed by atoms with Crippen molar-refractivity contribution in [1.29, 1.82) is 0 Å². The van der Waals surface area contributed by atoms with Crippen LogP contribution in [0.1, 0.15) is 124 Å². The second-order valence-electron chi connectivity index (χ2n) is 15.1. The van der Waals surface area contributed by atoms with Gasteiger partial charge in [-0.05, 0) is 106 Å². The van der Waals surface area contributed by atoms with Crippen LogP contribution in [-0.2, 0) is 15.8 Å². The number of pyridine rings is 1. The van der Waals surface area contributed by atoms with Crippen molar-refractivity contribution < 1.29 is 36.6 Å². The molecule has 1 aromatic heterocycles. The van der Waals surface area contributed by atoms with E-state index in [4.69, 9.17) is 0 Å². The molecular weight excluding hydrogens is 705 g/mol. The van der Waals surface area contributed by atoms with Crippen molar-refractivity contribution in [1.82, 2.24) is 14.8 Å². The zero-order chi connectivity index (χ0) is 39.5. The topological polar surface area (TPSA) is 91.6 Å². The third-order valence-electron chi connectivity index (χ3n) is 10.8. The minimum atomic E-state index is -4.83. The van der Waals surface area contributed by atoms with E-state index in [1.54, 1.807) is 45.9 Å². The molecule has 1 saturated carbocycles. The van der Waals surface area contributed by atoms with Crippen LogP contribution in [0.3, 0.4) is 0 Å². The Morgan fingerprint density at radius 3 is 2.19 bits per heavy atom. The molecule has 0 radical (unpaired) electrons. The van der Waals surface area contributed by atoms with Gasteiger partial charge in [0.15, 0.2) is 0 Å². The summed E-state index contributed by atoms with van der Waals surface area (Å²) in [4.78, 5) is 42.4. The number of likely N-dealkylation sites (tertiary alicyclic amines) is 1. The minimum Gasteiger partial charge on any atom is -0.481 e. The fraction of sp³-hybridized carbons (Fsp3) is 0.500. The van der Waals surface area contributed by atoms with E-state index < -0.39 is 70.8 Å². The number of alkyl halides is 3. The second kappa shape index (κ2) is 16.9. The monoisotopic (exact) mass is 753 g/mol. The molecule has 2 aromatic carbocycles. The number of nitrogens with zero attached hydrogens (tertiary/aromatic N) is 2. The van der Waals surface area contributed by atoms with Crippen molar-refractivity contribution in [3.05, 3.63) is 91.9 Å². The highest BCUT2D eigenvalue weighted by molar-refractivity contribution is 5.82. The van der Waals surface area contributed by atoms with Gasteiger partial charge in [0.25, 0.3) is 5.56 Å². The number of nitrogens with one attached hydrogen (secondary N) is 1. The summed E-state index contributed by atoms with van der Waals surface area (Å²) in [7, 11) is 0. The quantitative estimate of drug-likeness (QED) is 0.151. The van der Waals surface area contributed by atoms with Gasteiger partial charge in [0.05, 0.1) is 23.6 Å². The van der Waals surface area contributed by atoms with Crippen LogP contribution in [0, 0.1) is 43.2 Å². The molecule has 3 aromatic rings. The lowest BCUT2D eigenvalue weighted by atomic mass is 9.86. The van der Waals surface area contributed by atoms with Gasteiger partial charge in [0.2, 0.25) is 5.91 Å². The Morgan fingerprint density at radius 2 is 1.63 bits per heavy atom. The highest BCUT2D eigenvalue weighted by Gasteiger charge is 2.39. The summed E-state index contributed by atoms with van der Waals surface area (Å²) >= 11 is 0. The van der Waals surface area contributed by atoms with E-state index >= 15 is 8.78 Å². The molecule has 2 fully saturated rings. The first-order valence-electron chi connectivity index (χ1n) is 18.6. The van der Waals surface area contributed by atoms with Crippen LogP contribution in [-0.4, -0.2) is 45.6 Å². The average Bonchev–Trinajstić information content (AvgIpc) is 3.64. The van der Waals surface area contributed by atoms with E-state index in [0.717, 1.165) is 36.4 Å². The lowest BCUT2D eigenvalue weighted by Gasteiger charge is -2.37. The SMILES string of the molecule is CC#Cc1cc(-c2c(C)cccc2C)c(F)c([C@H](CC(=O)O)NC(=O)[C@@H](CC(C)C)n2cc(C3CCN(C4CCCC4)CC3)c(C(F)(F)F)cc2=O)c1F. The third kappa shape index (κ3) is 8.89. The zero-order valence-electron chi connectivity index (χ0n) is 31.4. The average molecular weight is 754 g/mol. The molecule has 2 atom stereocenters. The molecule has 7 nitrogen and oxygen atoms in total. The van der Waals surface area contributed by atoms with Gasteiger partial charge in [0.1, 0.15) is 17.7 Å². The summed E-state index contributed by atoms with van der Waals surface area (Å²) in [5, 5.41) is 12.4. The molecule has 1 aliphatic heterocycles. The van der Waals surface area contributed by atoms with Crippen molar-refractivity contribution in [2.24, 2.45) is 5.92 Å². The normalized spacial score (nSPS) is 16.9. The van der Waals surface area contributed by atoms with Gasteiger partial charge < -0.3 is 19.9 Å². The number of aryl methyl sites for hydroxylation is 2. The fourth-order valence-electron chi connectivity index (χ4n) is 8.30. The lowest BCUT2D eigenvalue weighted by Crippen LogP contribution is -2.42. The van der Waals surface area contributed by atoms with Crippen LogP contribution in [0.25, 0.3) is 11.1 Å². The Labute approximate surface area is 313 Å². The maximum absolute atomic E-state index is 16.7. The lowest BCUT2D eigenvalue weighted by molar-refractivity contribution is -0.139. The van der Waals surface area contributed by atoms with E-state index in [9.17, 15) is 32.7 Å². The molecule has 290 valence electrons. The van der Waals surface area contributed by atoms with Gasteiger partial charge in [0, 0.05) is 29.4 Å². The molecule has 1 aliphatic carbocycles. The first-order chi connectivity index (χ1) is 25.5. The highest BCUT2D eigenvalue weighted by atomic mass is 19.4. The Kier molecular flexibility index (Phi) is 12.7. The molecule has 0 spiro atoms. The maximum atomic E-state index is 16.7. The number of piperidine rings is 1. The molecule has 54 heavy (non-hydrogen) atoms. The van der Waals surface area contributed by atoms with Crippen LogP contribution in [0.4, 0.5) is 22.0 Å². The molecule has 2 heterocycles. The maximum Gasteiger partial charge on any atom is 0.416 e. The number of carbonyl (C=O) groups excluding carboxylic acids is 1. The number of aromatic nitrogens is 1. The van der Waals surface area contributed by atoms with Crippen LogP contribution < -0.4 is 10.9 Å². The number of rotatable bonds is 11. The number of benzene rings is 2. The predicted octanol–water partition coefficient (Wildman–Crippen LogP) is 8.84.